The van der Waals surface area contributed by atoms with Crippen molar-refractivity contribution in [1.82, 2.24) is 9.47 Å². The number of piperidine rings is 1. The Balaban J connectivity index is 2.16. The maximum absolute atomic E-state index is 13.2. The molecule has 1 atom stereocenters. The summed E-state index contributed by atoms with van der Waals surface area (Å²) in [4.78, 5) is 43.0. The van der Waals surface area contributed by atoms with Crippen molar-refractivity contribution in [3.05, 3.63) is 31.9 Å². The van der Waals surface area contributed by atoms with Crippen LogP contribution in [0.2, 0.25) is 0 Å². The minimum Gasteiger partial charge on any atom is -0.466 e. The molecule has 1 amide bonds. The van der Waals surface area contributed by atoms with Crippen LogP contribution in [-0.2, 0) is 20.9 Å². The van der Waals surface area contributed by atoms with Gasteiger partial charge in [-0.1, -0.05) is 37.8 Å². The van der Waals surface area contributed by atoms with E-state index in [0.717, 1.165) is 6.42 Å². The van der Waals surface area contributed by atoms with Crippen LogP contribution in [0.1, 0.15) is 57.2 Å². The number of hydrogen-bond acceptors (Lipinski definition) is 8. The van der Waals surface area contributed by atoms with Crippen LogP contribution in [0.5, 0.6) is 0 Å². The fourth-order valence-electron chi connectivity index (χ4n) is 4.55. The van der Waals surface area contributed by atoms with E-state index in [1.807, 2.05) is 31.7 Å². The van der Waals surface area contributed by atoms with Gasteiger partial charge < -0.3 is 9.64 Å². The Bertz CT molecular complexity index is 1170. The SMILES string of the molecule is CCOC(=O)C1CCCN(c2c(C=C3SC(=S)N(CC(C)C)C3=O)c(C)c(C#N)c(=O)n2CC)C1. The standard InChI is InChI=1S/C25H32N4O4S2/c1-6-28-21(27-10-8-9-17(14-27)24(32)33-7-2)18(16(5)19(12-26)22(28)30)11-20-23(31)29(13-15(3)4)25(34)35-20/h11,15,17H,6-10,13-14H2,1-5H3. The fourth-order valence-corrected chi connectivity index (χ4v) is 5.81. The molecule has 8 nitrogen and oxygen atoms in total. The molecule has 1 aromatic rings. The van der Waals surface area contributed by atoms with Crippen LogP contribution in [0.25, 0.3) is 6.08 Å². The highest BCUT2D eigenvalue weighted by atomic mass is 32.2. The highest BCUT2D eigenvalue weighted by molar-refractivity contribution is 8.26. The van der Waals surface area contributed by atoms with Gasteiger partial charge in [-0.05, 0) is 51.2 Å². The van der Waals surface area contributed by atoms with Crippen molar-refractivity contribution in [3.63, 3.8) is 0 Å². The van der Waals surface area contributed by atoms with E-state index < -0.39 is 0 Å². The number of anilines is 1. The molecule has 2 aliphatic heterocycles. The van der Waals surface area contributed by atoms with Crippen molar-refractivity contribution in [2.24, 2.45) is 11.8 Å². The molecule has 3 rings (SSSR count). The molecule has 1 aromatic heterocycles. The summed E-state index contributed by atoms with van der Waals surface area (Å²) in [5.74, 6) is 0.155. The van der Waals surface area contributed by atoms with E-state index in [-0.39, 0.29) is 34.8 Å². The highest BCUT2D eigenvalue weighted by Crippen LogP contribution is 2.37. The van der Waals surface area contributed by atoms with Crippen molar-refractivity contribution in [2.45, 2.75) is 54.0 Å². The third kappa shape index (κ3) is 5.46. The third-order valence-corrected chi connectivity index (χ3v) is 7.58. The van der Waals surface area contributed by atoms with E-state index in [0.29, 0.717) is 65.4 Å². The van der Waals surface area contributed by atoms with Crippen LogP contribution >= 0.6 is 24.0 Å². The second kappa shape index (κ2) is 11.4. The molecule has 0 N–H and O–H groups in total. The molecule has 1 unspecified atom stereocenters. The zero-order valence-electron chi connectivity index (χ0n) is 20.9. The van der Waals surface area contributed by atoms with Crippen molar-refractivity contribution in [2.75, 3.05) is 31.1 Å². The number of amides is 1. The van der Waals surface area contributed by atoms with Gasteiger partial charge in [-0.3, -0.25) is 23.9 Å². The lowest BCUT2D eigenvalue weighted by Crippen LogP contribution is -2.43. The molecule has 35 heavy (non-hydrogen) atoms. The Labute approximate surface area is 215 Å². The average Bonchev–Trinajstić information content (AvgIpc) is 3.08. The molecule has 10 heteroatoms. The molecule has 0 saturated carbocycles. The minimum absolute atomic E-state index is 0.0541. The first kappa shape index (κ1) is 27.0. The Morgan fingerprint density at radius 3 is 2.66 bits per heavy atom. The van der Waals surface area contributed by atoms with Crippen molar-refractivity contribution < 1.29 is 14.3 Å². The summed E-state index contributed by atoms with van der Waals surface area (Å²) in [5, 5.41) is 9.75. The molecule has 2 saturated heterocycles. The first-order chi connectivity index (χ1) is 16.6. The normalized spacial score (nSPS) is 19.6. The Hall–Kier alpha value is -2.64. The van der Waals surface area contributed by atoms with E-state index in [9.17, 15) is 19.6 Å². The number of nitrogens with zero attached hydrogens (tertiary/aromatic N) is 4. The maximum atomic E-state index is 13.2. The number of aromatic nitrogens is 1. The second-order valence-corrected chi connectivity index (χ2v) is 10.8. The molecule has 0 bridgehead atoms. The molecule has 188 valence electrons. The summed E-state index contributed by atoms with van der Waals surface area (Å²) in [6, 6.07) is 2.05. The number of nitriles is 1. The Morgan fingerprint density at radius 2 is 2.06 bits per heavy atom. The van der Waals surface area contributed by atoms with Crippen molar-refractivity contribution in [1.29, 1.82) is 5.26 Å². The number of carbonyl (C=O) groups is 2. The first-order valence-electron chi connectivity index (χ1n) is 12.0. The van der Waals surface area contributed by atoms with Gasteiger partial charge in [-0.15, -0.1) is 0 Å². The number of esters is 1. The molecule has 0 aromatic carbocycles. The van der Waals surface area contributed by atoms with E-state index in [1.165, 1.54) is 11.8 Å². The number of thioether (sulfide) groups is 1. The predicted molar refractivity (Wildman–Crippen MR) is 142 cm³/mol. The minimum atomic E-state index is -0.370. The summed E-state index contributed by atoms with van der Waals surface area (Å²) in [6.07, 6.45) is 3.23. The van der Waals surface area contributed by atoms with Gasteiger partial charge >= 0.3 is 5.97 Å². The van der Waals surface area contributed by atoms with Crippen LogP contribution in [0.3, 0.4) is 0 Å². The lowest BCUT2D eigenvalue weighted by atomic mass is 9.96. The molecule has 0 spiro atoms. The van der Waals surface area contributed by atoms with Gasteiger partial charge in [0.2, 0.25) is 0 Å². The van der Waals surface area contributed by atoms with Crippen LogP contribution in [0, 0.1) is 30.1 Å². The monoisotopic (exact) mass is 516 g/mol. The second-order valence-electron chi connectivity index (χ2n) is 9.12. The van der Waals surface area contributed by atoms with E-state index in [2.05, 4.69) is 0 Å². The van der Waals surface area contributed by atoms with Gasteiger partial charge in [-0.2, -0.15) is 5.26 Å². The lowest BCUT2D eigenvalue weighted by molar-refractivity contribution is -0.148. The van der Waals surface area contributed by atoms with E-state index in [4.69, 9.17) is 17.0 Å². The lowest BCUT2D eigenvalue weighted by Gasteiger charge is -2.36. The average molecular weight is 517 g/mol. The fraction of sp³-hybridized carbons (Fsp3) is 0.560. The quantitative estimate of drug-likeness (QED) is 0.308. The zero-order chi connectivity index (χ0) is 25.9. The number of rotatable bonds is 7. The van der Waals surface area contributed by atoms with Crippen molar-refractivity contribution >= 4 is 52.1 Å². The summed E-state index contributed by atoms with van der Waals surface area (Å²) >= 11 is 6.70. The summed E-state index contributed by atoms with van der Waals surface area (Å²) in [6.45, 7) is 11.6. The van der Waals surface area contributed by atoms with Gasteiger partial charge in [0, 0.05) is 31.7 Å². The molecular weight excluding hydrogens is 484 g/mol. The Kier molecular flexibility index (Phi) is 8.78. The highest BCUT2D eigenvalue weighted by Gasteiger charge is 2.35. The van der Waals surface area contributed by atoms with Gasteiger partial charge in [-0.25, -0.2) is 0 Å². The van der Waals surface area contributed by atoms with Gasteiger partial charge in [0.25, 0.3) is 11.5 Å². The van der Waals surface area contributed by atoms with Crippen LogP contribution in [0.4, 0.5) is 5.82 Å². The number of carbonyl (C=O) groups excluding carboxylic acids is 2. The largest absolute Gasteiger partial charge is 0.466 e. The maximum Gasteiger partial charge on any atom is 0.310 e. The molecule has 0 radical (unpaired) electrons. The third-order valence-electron chi connectivity index (χ3n) is 6.20. The topological polar surface area (TPSA) is 95.6 Å². The molecule has 0 aliphatic carbocycles. The van der Waals surface area contributed by atoms with Crippen molar-refractivity contribution in [3.8, 4) is 6.07 Å². The molecule has 3 heterocycles. The van der Waals surface area contributed by atoms with Crippen LogP contribution < -0.4 is 10.5 Å². The van der Waals surface area contributed by atoms with Gasteiger partial charge in [0.15, 0.2) is 0 Å². The van der Waals surface area contributed by atoms with E-state index in [1.54, 1.807) is 29.4 Å². The molecule has 2 aliphatic rings. The molecular formula is C25H32N4O4S2. The molecule has 2 fully saturated rings. The predicted octanol–water partition coefficient (Wildman–Crippen LogP) is 3.69. The summed E-state index contributed by atoms with van der Waals surface area (Å²) in [7, 11) is 0. The number of thiocarbonyl (C=S) groups is 1. The number of ether oxygens (including phenoxy) is 1. The number of hydrogen-bond donors (Lipinski definition) is 0. The summed E-state index contributed by atoms with van der Waals surface area (Å²) < 4.78 is 7.32. The smallest absolute Gasteiger partial charge is 0.310 e. The first-order valence-corrected chi connectivity index (χ1v) is 13.2. The van der Waals surface area contributed by atoms with E-state index >= 15 is 0 Å². The van der Waals surface area contributed by atoms with Crippen LogP contribution in [0.15, 0.2) is 9.70 Å². The Morgan fingerprint density at radius 1 is 1.34 bits per heavy atom. The van der Waals surface area contributed by atoms with Gasteiger partial charge in [0.1, 0.15) is 21.8 Å². The van der Waals surface area contributed by atoms with Gasteiger partial charge in [0.05, 0.1) is 17.4 Å². The summed E-state index contributed by atoms with van der Waals surface area (Å²) in [5.41, 5.74) is 0.839. The number of pyridine rings is 1. The van der Waals surface area contributed by atoms with Crippen LogP contribution in [-0.4, -0.2) is 51.9 Å². The zero-order valence-corrected chi connectivity index (χ0v) is 22.6.